The molecular formula is C13H18N2O2. The lowest BCUT2D eigenvalue weighted by molar-refractivity contribution is 0.0791. The summed E-state index contributed by atoms with van der Waals surface area (Å²) in [7, 11) is 3.57. The summed E-state index contributed by atoms with van der Waals surface area (Å²) < 4.78 is 0. The molecule has 0 aliphatic rings. The molecule has 0 aliphatic heterocycles. The van der Waals surface area contributed by atoms with Crippen LogP contribution in [-0.4, -0.2) is 43.8 Å². The van der Waals surface area contributed by atoms with E-state index in [4.69, 9.17) is 0 Å². The van der Waals surface area contributed by atoms with E-state index in [1.54, 1.807) is 36.2 Å². The van der Waals surface area contributed by atoms with Gasteiger partial charge >= 0.3 is 0 Å². The molecule has 0 aliphatic carbocycles. The second-order valence-electron chi connectivity index (χ2n) is 3.93. The van der Waals surface area contributed by atoms with Crippen LogP contribution in [0.3, 0.4) is 0 Å². The van der Waals surface area contributed by atoms with E-state index in [2.05, 4.69) is 5.32 Å². The van der Waals surface area contributed by atoms with Crippen LogP contribution in [0.1, 0.15) is 27.6 Å². The summed E-state index contributed by atoms with van der Waals surface area (Å²) in [5.74, 6) is -0.206. The first-order valence-corrected chi connectivity index (χ1v) is 5.58. The molecule has 0 radical (unpaired) electrons. The van der Waals surface area contributed by atoms with Crippen LogP contribution in [0.5, 0.6) is 0 Å². The molecule has 1 rings (SSSR count). The Labute approximate surface area is 102 Å². The van der Waals surface area contributed by atoms with Crippen LogP contribution in [-0.2, 0) is 0 Å². The average molecular weight is 234 g/mol. The van der Waals surface area contributed by atoms with Gasteiger partial charge in [0, 0.05) is 25.7 Å². The minimum Gasteiger partial charge on any atom is -0.340 e. The standard InChI is InChI=1S/C13H18N2O2/c1-10(16)11-6-4-5-7-12(11)13(17)15(3)9-8-14-2/h4-7,14H,8-9H2,1-3H3. The van der Waals surface area contributed by atoms with Crippen molar-refractivity contribution in [3.8, 4) is 0 Å². The molecule has 4 heteroatoms. The summed E-state index contributed by atoms with van der Waals surface area (Å²) in [6.07, 6.45) is 0. The monoisotopic (exact) mass is 234 g/mol. The number of carbonyl (C=O) groups excluding carboxylic acids is 2. The lowest BCUT2D eigenvalue weighted by Crippen LogP contribution is -2.33. The fourth-order valence-electron chi connectivity index (χ4n) is 1.56. The van der Waals surface area contributed by atoms with Crippen LogP contribution in [0.15, 0.2) is 24.3 Å². The van der Waals surface area contributed by atoms with Crippen LogP contribution in [0.25, 0.3) is 0 Å². The predicted octanol–water partition coefficient (Wildman–Crippen LogP) is 1.18. The Kier molecular flexibility index (Phi) is 4.84. The molecule has 1 aromatic rings. The van der Waals surface area contributed by atoms with Crippen molar-refractivity contribution in [2.75, 3.05) is 27.2 Å². The number of hydrogen-bond donors (Lipinski definition) is 1. The van der Waals surface area contributed by atoms with E-state index in [1.807, 2.05) is 7.05 Å². The van der Waals surface area contributed by atoms with Crippen molar-refractivity contribution < 1.29 is 9.59 Å². The Morgan fingerprint density at radius 2 is 1.82 bits per heavy atom. The van der Waals surface area contributed by atoms with Gasteiger partial charge in [-0.05, 0) is 20.0 Å². The minimum absolute atomic E-state index is 0.0871. The Bertz CT molecular complexity index is 416. The van der Waals surface area contributed by atoms with Gasteiger partial charge in [0.1, 0.15) is 0 Å². The van der Waals surface area contributed by atoms with Crippen molar-refractivity contribution in [1.82, 2.24) is 10.2 Å². The molecule has 0 spiro atoms. The Hall–Kier alpha value is -1.68. The van der Waals surface area contributed by atoms with E-state index in [-0.39, 0.29) is 11.7 Å². The van der Waals surface area contributed by atoms with Crippen molar-refractivity contribution in [3.63, 3.8) is 0 Å². The highest BCUT2D eigenvalue weighted by Gasteiger charge is 2.16. The summed E-state index contributed by atoms with van der Waals surface area (Å²) in [6, 6.07) is 6.91. The third kappa shape index (κ3) is 3.39. The first kappa shape index (κ1) is 13.4. The quantitative estimate of drug-likeness (QED) is 0.778. The van der Waals surface area contributed by atoms with E-state index < -0.39 is 0 Å². The fraction of sp³-hybridized carbons (Fsp3) is 0.385. The second-order valence-corrected chi connectivity index (χ2v) is 3.93. The van der Waals surface area contributed by atoms with Crippen LogP contribution >= 0.6 is 0 Å². The number of Topliss-reactive ketones (excluding diaryl/α,β-unsaturated/α-hetero) is 1. The van der Waals surface area contributed by atoms with E-state index in [1.165, 1.54) is 6.92 Å². The lowest BCUT2D eigenvalue weighted by Gasteiger charge is -2.18. The molecule has 4 nitrogen and oxygen atoms in total. The zero-order valence-corrected chi connectivity index (χ0v) is 10.5. The highest BCUT2D eigenvalue weighted by molar-refractivity contribution is 6.07. The number of nitrogens with one attached hydrogen (secondary N) is 1. The summed E-state index contributed by atoms with van der Waals surface area (Å²) in [6.45, 7) is 2.81. The molecule has 0 heterocycles. The van der Waals surface area contributed by atoms with Crippen LogP contribution < -0.4 is 5.32 Å². The molecule has 92 valence electrons. The number of benzene rings is 1. The molecule has 1 amide bonds. The van der Waals surface area contributed by atoms with Crippen LogP contribution in [0, 0.1) is 0 Å². The van der Waals surface area contributed by atoms with Gasteiger partial charge in [-0.1, -0.05) is 18.2 Å². The van der Waals surface area contributed by atoms with Crippen LogP contribution in [0.4, 0.5) is 0 Å². The van der Waals surface area contributed by atoms with Gasteiger partial charge in [0.15, 0.2) is 5.78 Å². The largest absolute Gasteiger partial charge is 0.340 e. The van der Waals surface area contributed by atoms with Crippen molar-refractivity contribution >= 4 is 11.7 Å². The fourth-order valence-corrected chi connectivity index (χ4v) is 1.56. The Balaban J connectivity index is 2.92. The van der Waals surface area contributed by atoms with Gasteiger partial charge in [0.2, 0.25) is 0 Å². The molecule has 0 unspecified atom stereocenters. The number of carbonyl (C=O) groups is 2. The third-order valence-electron chi connectivity index (χ3n) is 2.58. The topological polar surface area (TPSA) is 49.4 Å². The van der Waals surface area contributed by atoms with E-state index in [9.17, 15) is 9.59 Å². The lowest BCUT2D eigenvalue weighted by atomic mass is 10.0. The predicted molar refractivity (Wildman–Crippen MR) is 67.3 cm³/mol. The van der Waals surface area contributed by atoms with E-state index >= 15 is 0 Å². The average Bonchev–Trinajstić information content (AvgIpc) is 2.34. The summed E-state index contributed by atoms with van der Waals surface area (Å²) >= 11 is 0. The Morgan fingerprint density at radius 3 is 2.35 bits per heavy atom. The normalized spacial score (nSPS) is 10.1. The van der Waals surface area contributed by atoms with E-state index in [0.29, 0.717) is 17.7 Å². The van der Waals surface area contributed by atoms with Gasteiger partial charge in [-0.15, -0.1) is 0 Å². The SMILES string of the molecule is CNCCN(C)C(=O)c1ccccc1C(C)=O. The van der Waals surface area contributed by atoms with Crippen molar-refractivity contribution in [2.45, 2.75) is 6.92 Å². The number of amides is 1. The van der Waals surface area contributed by atoms with Gasteiger partial charge in [-0.3, -0.25) is 9.59 Å². The zero-order valence-electron chi connectivity index (χ0n) is 10.5. The van der Waals surface area contributed by atoms with Gasteiger partial charge in [-0.25, -0.2) is 0 Å². The molecule has 0 saturated carbocycles. The molecule has 0 bridgehead atoms. The first-order valence-electron chi connectivity index (χ1n) is 5.58. The van der Waals surface area contributed by atoms with Crippen LogP contribution in [0.2, 0.25) is 0 Å². The molecule has 1 N–H and O–H groups in total. The maximum atomic E-state index is 12.1. The first-order chi connectivity index (χ1) is 8.07. The number of hydrogen-bond acceptors (Lipinski definition) is 3. The summed E-state index contributed by atoms with van der Waals surface area (Å²) in [5, 5.41) is 2.98. The molecule has 1 aromatic carbocycles. The molecule has 17 heavy (non-hydrogen) atoms. The van der Waals surface area contributed by atoms with Gasteiger partial charge in [-0.2, -0.15) is 0 Å². The zero-order chi connectivity index (χ0) is 12.8. The van der Waals surface area contributed by atoms with Gasteiger partial charge in [0.25, 0.3) is 5.91 Å². The molecule has 0 saturated heterocycles. The molecule has 0 atom stereocenters. The van der Waals surface area contributed by atoms with Crippen molar-refractivity contribution in [3.05, 3.63) is 35.4 Å². The van der Waals surface area contributed by atoms with Gasteiger partial charge < -0.3 is 10.2 Å². The van der Waals surface area contributed by atoms with E-state index in [0.717, 1.165) is 6.54 Å². The van der Waals surface area contributed by atoms with Crippen molar-refractivity contribution in [2.24, 2.45) is 0 Å². The number of rotatable bonds is 5. The molecular weight excluding hydrogens is 216 g/mol. The number of nitrogens with zero attached hydrogens (tertiary/aromatic N) is 1. The van der Waals surface area contributed by atoms with Gasteiger partial charge in [0.05, 0.1) is 5.56 Å². The molecule has 0 aromatic heterocycles. The Morgan fingerprint density at radius 1 is 1.24 bits per heavy atom. The smallest absolute Gasteiger partial charge is 0.254 e. The maximum absolute atomic E-state index is 12.1. The highest BCUT2D eigenvalue weighted by Crippen LogP contribution is 2.11. The van der Waals surface area contributed by atoms with Crippen molar-refractivity contribution in [1.29, 1.82) is 0 Å². The number of likely N-dealkylation sites (N-methyl/N-ethyl adjacent to an activating group) is 2. The summed E-state index contributed by atoms with van der Waals surface area (Å²) in [4.78, 5) is 25.2. The highest BCUT2D eigenvalue weighted by atomic mass is 16.2. The summed E-state index contributed by atoms with van der Waals surface area (Å²) in [5.41, 5.74) is 0.951. The molecule has 0 fully saturated rings. The second kappa shape index (κ2) is 6.15. The number of ketones is 1. The minimum atomic E-state index is -0.119. The third-order valence-corrected chi connectivity index (χ3v) is 2.58. The maximum Gasteiger partial charge on any atom is 0.254 e.